The minimum atomic E-state index is -1.26. The van der Waals surface area contributed by atoms with E-state index in [1.807, 2.05) is 30.3 Å². The third kappa shape index (κ3) is 3.08. The van der Waals surface area contributed by atoms with Crippen LogP contribution in [0.3, 0.4) is 0 Å². The number of carboxylic acids is 1. The van der Waals surface area contributed by atoms with E-state index in [2.05, 4.69) is 5.32 Å². The molecule has 0 saturated carbocycles. The summed E-state index contributed by atoms with van der Waals surface area (Å²) in [5.74, 6) is -1.38. The molecule has 2 N–H and O–H groups in total. The zero-order chi connectivity index (χ0) is 12.2. The Labute approximate surface area is 94.3 Å². The van der Waals surface area contributed by atoms with Crippen LogP contribution in [0.15, 0.2) is 30.3 Å². The first-order valence-corrected chi connectivity index (χ1v) is 5.00. The second-order valence-corrected chi connectivity index (χ2v) is 3.98. The average Bonchev–Trinajstić information content (AvgIpc) is 2.17. The molecule has 0 aliphatic heterocycles. The van der Waals surface area contributed by atoms with Crippen LogP contribution < -0.4 is 5.32 Å². The molecule has 1 atom stereocenters. The normalized spacial score (nSPS) is 13.9. The number of amides is 1. The van der Waals surface area contributed by atoms with Crippen molar-refractivity contribution in [2.24, 2.45) is 0 Å². The molecule has 0 aliphatic rings. The largest absolute Gasteiger partial charge is 0.480 e. The fraction of sp³-hybridized carbons (Fsp3) is 0.333. The highest BCUT2D eigenvalue weighted by molar-refractivity contribution is 5.85. The molecule has 0 radical (unpaired) electrons. The summed E-state index contributed by atoms with van der Waals surface area (Å²) in [6.07, 6.45) is 0.267. The van der Waals surface area contributed by atoms with E-state index in [1.165, 1.54) is 13.8 Å². The third-order valence-electron chi connectivity index (χ3n) is 2.32. The molecule has 0 aromatic heterocycles. The second-order valence-electron chi connectivity index (χ2n) is 3.98. The van der Waals surface area contributed by atoms with E-state index in [1.54, 1.807) is 0 Å². The number of carbonyl (C=O) groups excluding carboxylic acids is 1. The molecule has 0 saturated heterocycles. The van der Waals surface area contributed by atoms with Crippen molar-refractivity contribution in [2.75, 3.05) is 0 Å². The molecule has 0 spiro atoms. The Morgan fingerprint density at radius 2 is 1.88 bits per heavy atom. The molecule has 4 nitrogen and oxygen atoms in total. The summed E-state index contributed by atoms with van der Waals surface area (Å²) in [6.45, 7) is 2.82. The summed E-state index contributed by atoms with van der Waals surface area (Å²) in [6, 6.07) is 9.21. The molecule has 1 aromatic rings. The maximum absolute atomic E-state index is 11.1. The highest BCUT2D eigenvalue weighted by Crippen LogP contribution is 2.13. The molecule has 0 aliphatic carbocycles. The number of benzene rings is 1. The first kappa shape index (κ1) is 12.2. The molecular formula is C12H15NO3. The van der Waals surface area contributed by atoms with Crippen molar-refractivity contribution in [3.8, 4) is 0 Å². The van der Waals surface area contributed by atoms with Crippen LogP contribution in [0.2, 0.25) is 0 Å². The molecule has 1 aromatic carbocycles. The summed E-state index contributed by atoms with van der Waals surface area (Å²) in [5.41, 5.74) is -0.381. The number of carbonyl (C=O) groups is 2. The number of rotatable bonds is 4. The Balaban J connectivity index is 2.87. The molecule has 0 bridgehead atoms. The zero-order valence-corrected chi connectivity index (χ0v) is 9.36. The van der Waals surface area contributed by atoms with Crippen LogP contribution >= 0.6 is 0 Å². The molecule has 4 heteroatoms. The number of hydrogen-bond acceptors (Lipinski definition) is 2. The molecular weight excluding hydrogens is 206 g/mol. The van der Waals surface area contributed by atoms with E-state index < -0.39 is 11.5 Å². The van der Waals surface area contributed by atoms with Crippen molar-refractivity contribution in [2.45, 2.75) is 25.8 Å². The summed E-state index contributed by atoms with van der Waals surface area (Å²) in [5, 5.41) is 11.6. The molecule has 0 unspecified atom stereocenters. The van der Waals surface area contributed by atoms with Gasteiger partial charge < -0.3 is 10.4 Å². The van der Waals surface area contributed by atoms with E-state index in [4.69, 9.17) is 5.11 Å². The standard InChI is InChI=1S/C12H15NO3/c1-9(14)13-12(2,11(15)16)8-10-6-4-3-5-7-10/h3-7H,8H2,1-2H3,(H,13,14)(H,15,16)/t12-/m0/s1. The van der Waals surface area contributed by atoms with Gasteiger partial charge in [0.1, 0.15) is 5.54 Å². The van der Waals surface area contributed by atoms with E-state index in [0.717, 1.165) is 5.56 Å². The molecule has 86 valence electrons. The lowest BCUT2D eigenvalue weighted by atomic mass is 9.93. The first-order chi connectivity index (χ1) is 7.44. The van der Waals surface area contributed by atoms with Gasteiger partial charge in [-0.05, 0) is 12.5 Å². The fourth-order valence-corrected chi connectivity index (χ4v) is 1.57. The van der Waals surface area contributed by atoms with Gasteiger partial charge in [0.05, 0.1) is 0 Å². The SMILES string of the molecule is CC(=O)N[C@@](C)(Cc1ccccc1)C(=O)O. The monoisotopic (exact) mass is 221 g/mol. The third-order valence-corrected chi connectivity index (χ3v) is 2.32. The van der Waals surface area contributed by atoms with Gasteiger partial charge in [0, 0.05) is 13.3 Å². The van der Waals surface area contributed by atoms with Crippen molar-refractivity contribution in [3.05, 3.63) is 35.9 Å². The summed E-state index contributed by atoms with van der Waals surface area (Å²) < 4.78 is 0. The highest BCUT2D eigenvalue weighted by Gasteiger charge is 2.33. The quantitative estimate of drug-likeness (QED) is 0.803. The van der Waals surface area contributed by atoms with Crippen molar-refractivity contribution >= 4 is 11.9 Å². The molecule has 1 rings (SSSR count). The van der Waals surface area contributed by atoms with Gasteiger partial charge in [-0.15, -0.1) is 0 Å². The Morgan fingerprint density at radius 3 is 2.31 bits per heavy atom. The van der Waals surface area contributed by atoms with E-state index >= 15 is 0 Å². The lowest BCUT2D eigenvalue weighted by molar-refractivity contribution is -0.146. The topological polar surface area (TPSA) is 66.4 Å². The van der Waals surface area contributed by atoms with Gasteiger partial charge >= 0.3 is 5.97 Å². The van der Waals surface area contributed by atoms with E-state index in [9.17, 15) is 9.59 Å². The summed E-state index contributed by atoms with van der Waals surface area (Å²) in [4.78, 5) is 22.1. The highest BCUT2D eigenvalue weighted by atomic mass is 16.4. The van der Waals surface area contributed by atoms with Gasteiger partial charge in [-0.2, -0.15) is 0 Å². The van der Waals surface area contributed by atoms with Crippen molar-refractivity contribution in [1.29, 1.82) is 0 Å². The second kappa shape index (κ2) is 4.79. The molecule has 0 heterocycles. The Morgan fingerprint density at radius 1 is 1.31 bits per heavy atom. The van der Waals surface area contributed by atoms with Crippen molar-refractivity contribution in [1.82, 2.24) is 5.32 Å². The molecule has 0 fully saturated rings. The average molecular weight is 221 g/mol. The smallest absolute Gasteiger partial charge is 0.329 e. The number of nitrogens with one attached hydrogen (secondary N) is 1. The molecule has 1 amide bonds. The Hall–Kier alpha value is -1.84. The maximum Gasteiger partial charge on any atom is 0.329 e. The van der Waals surface area contributed by atoms with Crippen LogP contribution in [0.4, 0.5) is 0 Å². The van der Waals surface area contributed by atoms with Gasteiger partial charge in [-0.1, -0.05) is 30.3 Å². The van der Waals surface area contributed by atoms with Gasteiger partial charge in [0.15, 0.2) is 0 Å². The van der Waals surface area contributed by atoms with Crippen LogP contribution in [0.25, 0.3) is 0 Å². The number of carboxylic acid groups (broad SMARTS) is 1. The first-order valence-electron chi connectivity index (χ1n) is 5.00. The lowest BCUT2D eigenvalue weighted by Crippen LogP contribution is -2.53. The number of hydrogen-bond donors (Lipinski definition) is 2. The van der Waals surface area contributed by atoms with Crippen LogP contribution in [0.5, 0.6) is 0 Å². The fourth-order valence-electron chi connectivity index (χ4n) is 1.57. The zero-order valence-electron chi connectivity index (χ0n) is 9.36. The van der Waals surface area contributed by atoms with Crippen molar-refractivity contribution in [3.63, 3.8) is 0 Å². The van der Waals surface area contributed by atoms with E-state index in [0.29, 0.717) is 0 Å². The Kier molecular flexibility index (Phi) is 3.66. The Bertz CT molecular complexity index is 389. The van der Waals surface area contributed by atoms with Crippen LogP contribution in [0.1, 0.15) is 19.4 Å². The summed E-state index contributed by atoms with van der Waals surface area (Å²) >= 11 is 0. The van der Waals surface area contributed by atoms with Gasteiger partial charge in [0.2, 0.25) is 5.91 Å². The summed E-state index contributed by atoms with van der Waals surface area (Å²) in [7, 11) is 0. The maximum atomic E-state index is 11.1. The van der Waals surface area contributed by atoms with Gasteiger partial charge in [0.25, 0.3) is 0 Å². The van der Waals surface area contributed by atoms with Gasteiger partial charge in [-0.3, -0.25) is 4.79 Å². The van der Waals surface area contributed by atoms with E-state index in [-0.39, 0.29) is 12.3 Å². The predicted octanol–water partition coefficient (Wildman–Crippen LogP) is 1.21. The van der Waals surface area contributed by atoms with Crippen molar-refractivity contribution < 1.29 is 14.7 Å². The van der Waals surface area contributed by atoms with Gasteiger partial charge in [-0.25, -0.2) is 4.79 Å². The van der Waals surface area contributed by atoms with Crippen LogP contribution in [-0.2, 0) is 16.0 Å². The minimum Gasteiger partial charge on any atom is -0.480 e. The number of aliphatic carboxylic acids is 1. The van der Waals surface area contributed by atoms with Crippen LogP contribution in [0, 0.1) is 0 Å². The van der Waals surface area contributed by atoms with Crippen LogP contribution in [-0.4, -0.2) is 22.5 Å². The molecule has 16 heavy (non-hydrogen) atoms. The predicted molar refractivity (Wildman–Crippen MR) is 60.0 cm³/mol. The minimum absolute atomic E-state index is 0.267. The lowest BCUT2D eigenvalue weighted by Gasteiger charge is -2.25.